The summed E-state index contributed by atoms with van der Waals surface area (Å²) in [6.07, 6.45) is 5.14. The second-order valence-corrected chi connectivity index (χ2v) is 7.22. The van der Waals surface area contributed by atoms with Crippen molar-refractivity contribution < 1.29 is 4.79 Å². The standard InChI is InChI=1S/C22H24N6O/c1-5-27-16(3)18(12-24-27)14-26(4)22(29)19-13-25-28-20(10-11-23-21(19)28)17-8-6-15(2)7-9-17/h6-13H,5,14H2,1-4H3. The average molecular weight is 388 g/mol. The van der Waals surface area contributed by atoms with Crippen molar-refractivity contribution in [1.82, 2.24) is 29.3 Å². The highest BCUT2D eigenvalue weighted by molar-refractivity contribution is 5.99. The number of aromatic nitrogens is 5. The molecule has 29 heavy (non-hydrogen) atoms. The molecule has 0 radical (unpaired) electrons. The van der Waals surface area contributed by atoms with Gasteiger partial charge in [0.25, 0.3) is 5.91 Å². The molecule has 3 aromatic heterocycles. The normalized spacial score (nSPS) is 11.2. The molecule has 1 aromatic carbocycles. The van der Waals surface area contributed by atoms with Crippen LogP contribution < -0.4 is 0 Å². The van der Waals surface area contributed by atoms with E-state index in [1.54, 1.807) is 28.9 Å². The molecule has 4 aromatic rings. The summed E-state index contributed by atoms with van der Waals surface area (Å²) in [6.45, 7) is 7.42. The molecule has 0 bridgehead atoms. The molecule has 4 rings (SSSR count). The molecular weight excluding hydrogens is 364 g/mol. The van der Waals surface area contributed by atoms with E-state index in [-0.39, 0.29) is 5.91 Å². The monoisotopic (exact) mass is 388 g/mol. The fourth-order valence-corrected chi connectivity index (χ4v) is 3.48. The van der Waals surface area contributed by atoms with Crippen molar-refractivity contribution in [2.75, 3.05) is 7.05 Å². The summed E-state index contributed by atoms with van der Waals surface area (Å²) in [7, 11) is 1.79. The van der Waals surface area contributed by atoms with Crippen LogP contribution in [0.2, 0.25) is 0 Å². The topological polar surface area (TPSA) is 68.3 Å². The number of carbonyl (C=O) groups excluding carboxylic acids is 1. The third-order valence-corrected chi connectivity index (χ3v) is 5.24. The van der Waals surface area contributed by atoms with Gasteiger partial charge in [-0.05, 0) is 26.8 Å². The minimum atomic E-state index is -0.114. The largest absolute Gasteiger partial charge is 0.337 e. The smallest absolute Gasteiger partial charge is 0.259 e. The van der Waals surface area contributed by atoms with Gasteiger partial charge >= 0.3 is 0 Å². The predicted molar refractivity (Wildman–Crippen MR) is 112 cm³/mol. The predicted octanol–water partition coefficient (Wildman–Crippen LogP) is 3.50. The van der Waals surface area contributed by atoms with Crippen LogP contribution in [0.4, 0.5) is 0 Å². The van der Waals surface area contributed by atoms with Gasteiger partial charge in [0, 0.05) is 43.2 Å². The van der Waals surface area contributed by atoms with Crippen molar-refractivity contribution in [3.05, 3.63) is 71.3 Å². The molecule has 148 valence electrons. The van der Waals surface area contributed by atoms with E-state index in [1.165, 1.54) is 5.56 Å². The molecular formula is C22H24N6O. The van der Waals surface area contributed by atoms with Gasteiger partial charge < -0.3 is 4.90 Å². The van der Waals surface area contributed by atoms with E-state index >= 15 is 0 Å². The number of fused-ring (bicyclic) bond motifs is 1. The lowest BCUT2D eigenvalue weighted by molar-refractivity contribution is 0.0786. The van der Waals surface area contributed by atoms with Gasteiger partial charge in [-0.3, -0.25) is 9.48 Å². The highest BCUT2D eigenvalue weighted by Crippen LogP contribution is 2.22. The maximum absolute atomic E-state index is 13.1. The lowest BCUT2D eigenvalue weighted by Gasteiger charge is -2.16. The van der Waals surface area contributed by atoms with E-state index in [9.17, 15) is 4.79 Å². The first kappa shape index (κ1) is 18.9. The molecule has 0 fully saturated rings. The fourth-order valence-electron chi connectivity index (χ4n) is 3.48. The van der Waals surface area contributed by atoms with Crippen LogP contribution in [-0.4, -0.2) is 42.2 Å². The Kier molecular flexibility index (Phi) is 4.88. The summed E-state index contributed by atoms with van der Waals surface area (Å²) in [6, 6.07) is 10.1. The molecule has 0 saturated heterocycles. The van der Waals surface area contributed by atoms with E-state index in [0.717, 1.165) is 29.1 Å². The fraction of sp³-hybridized carbons (Fsp3) is 0.273. The first-order valence-electron chi connectivity index (χ1n) is 9.66. The Morgan fingerprint density at radius 2 is 1.83 bits per heavy atom. The first-order chi connectivity index (χ1) is 14.0. The van der Waals surface area contributed by atoms with Crippen molar-refractivity contribution >= 4 is 11.6 Å². The van der Waals surface area contributed by atoms with Crippen LogP contribution in [0, 0.1) is 13.8 Å². The molecule has 7 nitrogen and oxygen atoms in total. The molecule has 0 saturated carbocycles. The number of rotatable bonds is 5. The van der Waals surface area contributed by atoms with Crippen LogP contribution in [0.15, 0.2) is 48.9 Å². The molecule has 0 aliphatic heterocycles. The van der Waals surface area contributed by atoms with Crippen molar-refractivity contribution in [2.45, 2.75) is 33.9 Å². The number of hydrogen-bond donors (Lipinski definition) is 0. The Morgan fingerprint density at radius 3 is 2.52 bits per heavy atom. The SMILES string of the molecule is CCn1ncc(CN(C)C(=O)c2cnn3c(-c4ccc(C)cc4)ccnc23)c1C. The van der Waals surface area contributed by atoms with Gasteiger partial charge in [-0.2, -0.15) is 10.2 Å². The first-order valence-corrected chi connectivity index (χ1v) is 9.66. The minimum Gasteiger partial charge on any atom is -0.337 e. The van der Waals surface area contributed by atoms with Crippen LogP contribution >= 0.6 is 0 Å². The Morgan fingerprint density at radius 1 is 1.07 bits per heavy atom. The Hall–Kier alpha value is -3.48. The van der Waals surface area contributed by atoms with E-state index in [4.69, 9.17) is 0 Å². The third kappa shape index (κ3) is 3.40. The summed E-state index contributed by atoms with van der Waals surface area (Å²) in [5.74, 6) is -0.114. The van der Waals surface area contributed by atoms with Crippen LogP contribution in [-0.2, 0) is 13.1 Å². The molecule has 0 atom stereocenters. The Balaban J connectivity index is 1.65. The molecule has 0 aliphatic carbocycles. The molecule has 1 amide bonds. The number of nitrogens with zero attached hydrogens (tertiary/aromatic N) is 6. The number of hydrogen-bond acceptors (Lipinski definition) is 4. The van der Waals surface area contributed by atoms with Crippen molar-refractivity contribution in [1.29, 1.82) is 0 Å². The zero-order chi connectivity index (χ0) is 20.5. The summed E-state index contributed by atoms with van der Waals surface area (Å²) in [5, 5.41) is 8.81. The van der Waals surface area contributed by atoms with Crippen molar-refractivity contribution in [3.63, 3.8) is 0 Å². The quantitative estimate of drug-likeness (QED) is 0.525. The third-order valence-electron chi connectivity index (χ3n) is 5.24. The molecule has 0 unspecified atom stereocenters. The van der Waals surface area contributed by atoms with Gasteiger partial charge in [0.2, 0.25) is 0 Å². The zero-order valence-electron chi connectivity index (χ0n) is 17.1. The highest BCUT2D eigenvalue weighted by Gasteiger charge is 2.20. The highest BCUT2D eigenvalue weighted by atomic mass is 16.2. The Bertz CT molecular complexity index is 1170. The van der Waals surface area contributed by atoms with E-state index in [2.05, 4.69) is 41.2 Å². The zero-order valence-corrected chi connectivity index (χ0v) is 17.1. The number of benzene rings is 1. The average Bonchev–Trinajstić information content (AvgIpc) is 3.31. The number of amides is 1. The maximum Gasteiger partial charge on any atom is 0.259 e. The molecule has 0 spiro atoms. The van der Waals surface area contributed by atoms with E-state index in [0.29, 0.717) is 17.8 Å². The van der Waals surface area contributed by atoms with E-state index in [1.807, 2.05) is 36.0 Å². The van der Waals surface area contributed by atoms with Gasteiger partial charge in [0.15, 0.2) is 5.65 Å². The summed E-state index contributed by atoms with van der Waals surface area (Å²) in [4.78, 5) is 19.2. The molecule has 0 N–H and O–H groups in total. The summed E-state index contributed by atoms with van der Waals surface area (Å²) in [5.41, 5.74) is 6.28. The van der Waals surface area contributed by atoms with Crippen LogP contribution in [0.25, 0.3) is 16.9 Å². The van der Waals surface area contributed by atoms with Crippen LogP contribution in [0.5, 0.6) is 0 Å². The minimum absolute atomic E-state index is 0.114. The molecule has 7 heteroatoms. The molecule has 0 aliphatic rings. The summed E-state index contributed by atoms with van der Waals surface area (Å²) >= 11 is 0. The maximum atomic E-state index is 13.1. The number of carbonyl (C=O) groups is 1. The van der Waals surface area contributed by atoms with Crippen molar-refractivity contribution in [3.8, 4) is 11.3 Å². The van der Waals surface area contributed by atoms with E-state index < -0.39 is 0 Å². The second kappa shape index (κ2) is 7.50. The van der Waals surface area contributed by atoms with Gasteiger partial charge in [-0.15, -0.1) is 0 Å². The Labute approximate surface area is 169 Å². The summed E-state index contributed by atoms with van der Waals surface area (Å²) < 4.78 is 3.66. The number of aryl methyl sites for hydroxylation is 2. The van der Waals surface area contributed by atoms with Gasteiger partial charge in [0.1, 0.15) is 5.56 Å². The van der Waals surface area contributed by atoms with Crippen LogP contribution in [0.1, 0.15) is 34.1 Å². The lowest BCUT2D eigenvalue weighted by atomic mass is 10.1. The lowest BCUT2D eigenvalue weighted by Crippen LogP contribution is -2.26. The molecule has 3 heterocycles. The van der Waals surface area contributed by atoms with Crippen molar-refractivity contribution in [2.24, 2.45) is 0 Å². The van der Waals surface area contributed by atoms with Gasteiger partial charge in [0.05, 0.1) is 18.1 Å². The van der Waals surface area contributed by atoms with Gasteiger partial charge in [-0.25, -0.2) is 9.50 Å². The van der Waals surface area contributed by atoms with Gasteiger partial charge in [-0.1, -0.05) is 29.8 Å². The van der Waals surface area contributed by atoms with Crippen LogP contribution in [0.3, 0.4) is 0 Å². The second-order valence-electron chi connectivity index (χ2n) is 7.22.